The van der Waals surface area contributed by atoms with Gasteiger partial charge >= 0.3 is 0 Å². The molecule has 0 fully saturated rings. The molecule has 0 atom stereocenters. The zero-order valence-corrected chi connectivity index (χ0v) is 30.0. The summed E-state index contributed by atoms with van der Waals surface area (Å²) in [5.74, 6) is 0. The van der Waals surface area contributed by atoms with Gasteiger partial charge in [0, 0.05) is 49.0 Å². The number of furan rings is 2. The van der Waals surface area contributed by atoms with Gasteiger partial charge in [-0.25, -0.2) is 4.98 Å². The van der Waals surface area contributed by atoms with Gasteiger partial charge in [0.05, 0.1) is 22.9 Å². The summed E-state index contributed by atoms with van der Waals surface area (Å²) in [6.07, 6.45) is 1.91. The molecule has 0 amide bonds. The summed E-state index contributed by atoms with van der Waals surface area (Å²) in [4.78, 5) is 10.5. The average Bonchev–Trinajstić information content (AvgIpc) is 3.85. The molecule has 3 aromatic heterocycles. The normalized spacial score (nSPS) is 11.9. The van der Waals surface area contributed by atoms with E-state index in [0.29, 0.717) is 0 Å². The van der Waals surface area contributed by atoms with Gasteiger partial charge in [0.1, 0.15) is 22.3 Å². The van der Waals surface area contributed by atoms with Gasteiger partial charge in [-0.05, 0) is 63.4 Å². The minimum Gasteiger partial charge on any atom is -0.455 e. The van der Waals surface area contributed by atoms with Crippen LogP contribution in [-0.2, 0) is 0 Å². The molecule has 12 aromatic rings. The van der Waals surface area contributed by atoms with E-state index in [9.17, 15) is 0 Å². The smallest absolute Gasteiger partial charge is 0.143 e. The molecule has 3 heterocycles. The molecule has 9 aromatic carbocycles. The molecule has 0 unspecified atom stereocenters. The van der Waals surface area contributed by atoms with Crippen molar-refractivity contribution in [2.75, 3.05) is 0 Å². The standard InChI is InChI=1S/C52H30N2O2/c1-2-18-41-38(15-1)45-29-32(31-11-7-12-33(27-31)36-19-9-21-43-39-16-3-5-23-47(39)55-51(36)43)25-26-42(45)49-50(41)54-46(30-53-49)35-14-8-13-34(28-35)37-20-10-22-44-40-17-4-6-24-48(40)56-52(37)44/h1-30H. The van der Waals surface area contributed by atoms with E-state index in [1.54, 1.807) is 0 Å². The largest absolute Gasteiger partial charge is 0.455 e. The van der Waals surface area contributed by atoms with E-state index < -0.39 is 0 Å². The third-order valence-corrected chi connectivity index (χ3v) is 11.3. The second kappa shape index (κ2) is 12.0. The molecule has 56 heavy (non-hydrogen) atoms. The molecule has 0 bridgehead atoms. The number of hydrogen-bond donors (Lipinski definition) is 0. The van der Waals surface area contributed by atoms with E-state index >= 15 is 0 Å². The Bertz CT molecular complexity index is 3300. The average molecular weight is 715 g/mol. The monoisotopic (exact) mass is 714 g/mol. The van der Waals surface area contributed by atoms with Crippen LogP contribution in [-0.4, -0.2) is 9.97 Å². The van der Waals surface area contributed by atoms with Crippen molar-refractivity contribution in [3.8, 4) is 44.6 Å². The summed E-state index contributed by atoms with van der Waals surface area (Å²) in [7, 11) is 0. The van der Waals surface area contributed by atoms with Crippen LogP contribution in [0.15, 0.2) is 191 Å². The van der Waals surface area contributed by atoms with Gasteiger partial charge in [-0.15, -0.1) is 0 Å². The lowest BCUT2D eigenvalue weighted by Crippen LogP contribution is -1.93. The highest BCUT2D eigenvalue weighted by Crippen LogP contribution is 2.41. The number of hydrogen-bond acceptors (Lipinski definition) is 4. The number of benzene rings is 9. The van der Waals surface area contributed by atoms with E-state index in [4.69, 9.17) is 18.8 Å². The van der Waals surface area contributed by atoms with Gasteiger partial charge in [0.25, 0.3) is 0 Å². The second-order valence-corrected chi connectivity index (χ2v) is 14.5. The van der Waals surface area contributed by atoms with Gasteiger partial charge in [0.15, 0.2) is 0 Å². The summed E-state index contributed by atoms with van der Waals surface area (Å²) in [5.41, 5.74) is 13.8. The van der Waals surface area contributed by atoms with E-state index in [-0.39, 0.29) is 0 Å². The first-order valence-corrected chi connectivity index (χ1v) is 18.9. The maximum absolute atomic E-state index is 6.40. The summed E-state index contributed by atoms with van der Waals surface area (Å²) < 4.78 is 12.8. The first kappa shape index (κ1) is 30.9. The fourth-order valence-electron chi connectivity index (χ4n) is 8.65. The van der Waals surface area contributed by atoms with Crippen molar-refractivity contribution < 1.29 is 8.83 Å². The van der Waals surface area contributed by atoms with Gasteiger partial charge in [-0.3, -0.25) is 4.98 Å². The zero-order chi connectivity index (χ0) is 36.7. The van der Waals surface area contributed by atoms with Crippen molar-refractivity contribution in [3.05, 3.63) is 182 Å². The van der Waals surface area contributed by atoms with E-state index in [0.717, 1.165) is 121 Å². The van der Waals surface area contributed by atoms with Gasteiger partial charge in [-0.2, -0.15) is 0 Å². The van der Waals surface area contributed by atoms with Crippen molar-refractivity contribution in [1.82, 2.24) is 9.97 Å². The van der Waals surface area contributed by atoms with Crippen molar-refractivity contribution in [3.63, 3.8) is 0 Å². The highest BCUT2D eigenvalue weighted by molar-refractivity contribution is 6.24. The molecule has 0 N–H and O–H groups in total. The lowest BCUT2D eigenvalue weighted by molar-refractivity contribution is 0.669. The van der Waals surface area contributed by atoms with Gasteiger partial charge < -0.3 is 8.83 Å². The fourth-order valence-corrected chi connectivity index (χ4v) is 8.65. The predicted octanol–water partition coefficient (Wildman–Crippen LogP) is 14.4. The summed E-state index contributed by atoms with van der Waals surface area (Å²) in [6, 6.07) is 61.7. The Morgan fingerprint density at radius 2 is 0.821 bits per heavy atom. The lowest BCUT2D eigenvalue weighted by Gasteiger charge is -2.13. The van der Waals surface area contributed by atoms with Gasteiger partial charge in [-0.1, -0.05) is 146 Å². The summed E-state index contributed by atoms with van der Waals surface area (Å²) in [5, 5.41) is 8.96. The van der Waals surface area contributed by atoms with Crippen LogP contribution in [0, 0.1) is 0 Å². The molecule has 0 spiro atoms. The molecular formula is C52H30N2O2. The highest BCUT2D eigenvalue weighted by Gasteiger charge is 2.17. The molecule has 0 saturated carbocycles. The molecule has 12 rings (SSSR count). The van der Waals surface area contributed by atoms with Crippen LogP contribution in [0.1, 0.15) is 0 Å². The summed E-state index contributed by atoms with van der Waals surface area (Å²) in [6.45, 7) is 0. The van der Waals surface area contributed by atoms with Crippen molar-refractivity contribution in [2.24, 2.45) is 0 Å². The molecule has 0 aliphatic heterocycles. The summed E-state index contributed by atoms with van der Waals surface area (Å²) >= 11 is 0. The van der Waals surface area contributed by atoms with Crippen LogP contribution in [0.4, 0.5) is 0 Å². The van der Waals surface area contributed by atoms with Crippen LogP contribution >= 0.6 is 0 Å². The first-order valence-electron chi connectivity index (χ1n) is 18.9. The molecule has 260 valence electrons. The van der Waals surface area contributed by atoms with E-state index in [2.05, 4.69) is 152 Å². The Kier molecular flexibility index (Phi) is 6.60. The Morgan fingerprint density at radius 1 is 0.321 bits per heavy atom. The van der Waals surface area contributed by atoms with Crippen LogP contribution < -0.4 is 0 Å². The van der Waals surface area contributed by atoms with Crippen LogP contribution in [0.2, 0.25) is 0 Å². The number of aromatic nitrogens is 2. The number of para-hydroxylation sites is 4. The van der Waals surface area contributed by atoms with Crippen LogP contribution in [0.3, 0.4) is 0 Å². The Balaban J connectivity index is 0.968. The fraction of sp³-hybridized carbons (Fsp3) is 0. The third kappa shape index (κ3) is 4.66. The molecule has 4 nitrogen and oxygen atoms in total. The molecule has 0 radical (unpaired) electrons. The predicted molar refractivity (Wildman–Crippen MR) is 231 cm³/mol. The van der Waals surface area contributed by atoms with E-state index in [1.165, 1.54) is 0 Å². The molecule has 0 aliphatic carbocycles. The quantitative estimate of drug-likeness (QED) is 0.170. The highest BCUT2D eigenvalue weighted by atomic mass is 16.3. The van der Waals surface area contributed by atoms with Crippen molar-refractivity contribution in [1.29, 1.82) is 0 Å². The molecule has 0 saturated heterocycles. The van der Waals surface area contributed by atoms with E-state index in [1.807, 2.05) is 30.5 Å². The first-order chi connectivity index (χ1) is 27.7. The topological polar surface area (TPSA) is 52.1 Å². The Morgan fingerprint density at radius 3 is 1.50 bits per heavy atom. The van der Waals surface area contributed by atoms with Crippen molar-refractivity contribution in [2.45, 2.75) is 0 Å². The molecular weight excluding hydrogens is 685 g/mol. The van der Waals surface area contributed by atoms with Crippen LogP contribution in [0.5, 0.6) is 0 Å². The third-order valence-electron chi connectivity index (χ3n) is 11.3. The maximum atomic E-state index is 6.40. The van der Waals surface area contributed by atoms with Crippen LogP contribution in [0.25, 0.3) is 121 Å². The zero-order valence-electron chi connectivity index (χ0n) is 30.0. The van der Waals surface area contributed by atoms with Crippen molar-refractivity contribution >= 4 is 76.5 Å². The number of rotatable bonds is 4. The lowest BCUT2D eigenvalue weighted by atomic mass is 9.93. The molecule has 0 aliphatic rings. The Labute approximate surface area is 320 Å². The second-order valence-electron chi connectivity index (χ2n) is 14.5. The number of fused-ring (bicyclic) bond motifs is 12. The maximum Gasteiger partial charge on any atom is 0.143 e. The Hall–Kier alpha value is -7.56. The van der Waals surface area contributed by atoms with Gasteiger partial charge in [0.2, 0.25) is 0 Å². The SMILES string of the molecule is c1cc(-c2ccc3c(c2)c2ccccc2c2nc(-c4cccc(-c5cccc6c5oc5ccccc56)c4)cnc32)cc(-c2cccc3c2oc2ccccc23)c1. The number of nitrogens with zero attached hydrogens (tertiary/aromatic N) is 2. The minimum absolute atomic E-state index is 0.827. The molecule has 4 heteroatoms. The minimum atomic E-state index is 0.827.